The molecule has 0 radical (unpaired) electrons. The van der Waals surface area contributed by atoms with Crippen molar-refractivity contribution in [2.75, 3.05) is 6.54 Å². The Morgan fingerprint density at radius 2 is 1.83 bits per heavy atom. The molecule has 0 fully saturated rings. The van der Waals surface area contributed by atoms with Crippen LogP contribution in [0.4, 0.5) is 0 Å². The van der Waals surface area contributed by atoms with E-state index in [1.165, 1.54) is 0 Å². The zero-order valence-electron chi connectivity index (χ0n) is 10.6. The number of halogens is 2. The monoisotopic (exact) mass is 283 g/mol. The Balaban J connectivity index is 2.69. The highest BCUT2D eigenvalue weighted by Gasteiger charge is 2.13. The van der Waals surface area contributed by atoms with Gasteiger partial charge in [-0.25, -0.2) is 0 Å². The minimum atomic E-state index is -0.311. The number of amides is 1. The van der Waals surface area contributed by atoms with Gasteiger partial charge in [0.1, 0.15) is 0 Å². The highest BCUT2D eigenvalue weighted by molar-refractivity contribution is 6.39. The Hall–Kier alpha value is -1.17. The van der Waals surface area contributed by atoms with Gasteiger partial charge in [0.2, 0.25) is 0 Å². The van der Waals surface area contributed by atoms with E-state index in [4.69, 9.17) is 23.2 Å². The number of carbonyl (C=O) groups is 1. The minimum absolute atomic E-state index is 0.0766. The predicted octanol–water partition coefficient (Wildman–Crippen LogP) is 3.77. The molecule has 0 saturated heterocycles. The maximum atomic E-state index is 11.9. The minimum Gasteiger partial charge on any atom is -0.341 e. The third kappa shape index (κ3) is 4.60. The summed E-state index contributed by atoms with van der Waals surface area (Å²) < 4.78 is 0. The molecule has 96 valence electrons. The number of rotatable bonds is 2. The van der Waals surface area contributed by atoms with Crippen molar-refractivity contribution in [2.45, 2.75) is 20.8 Å². The van der Waals surface area contributed by atoms with Gasteiger partial charge in [0.05, 0.1) is 22.2 Å². The maximum absolute atomic E-state index is 11.9. The van der Waals surface area contributed by atoms with Gasteiger partial charge in [-0.1, -0.05) is 41.1 Å². The molecule has 1 N–H and O–H groups in total. The molecular weight excluding hydrogens is 269 g/mol. The van der Waals surface area contributed by atoms with Crippen LogP contribution in [0.5, 0.6) is 0 Å². The fraction of sp³-hybridized carbons (Fsp3) is 0.357. The Bertz CT molecular complexity index is 487. The molecule has 0 bridgehead atoms. The van der Waals surface area contributed by atoms with Gasteiger partial charge in [0.25, 0.3) is 5.91 Å². The van der Waals surface area contributed by atoms with Crippen LogP contribution in [0.15, 0.2) is 18.2 Å². The van der Waals surface area contributed by atoms with E-state index in [0.29, 0.717) is 15.6 Å². The van der Waals surface area contributed by atoms with E-state index in [1.807, 2.05) is 20.8 Å². The quantitative estimate of drug-likeness (QED) is 0.823. The highest BCUT2D eigenvalue weighted by atomic mass is 35.5. The number of hydrogen-bond donors (Lipinski definition) is 1. The zero-order chi connectivity index (χ0) is 13.8. The van der Waals surface area contributed by atoms with Crippen LogP contribution in [0.3, 0.4) is 0 Å². The Morgan fingerprint density at radius 1 is 1.28 bits per heavy atom. The molecule has 18 heavy (non-hydrogen) atoms. The summed E-state index contributed by atoms with van der Waals surface area (Å²) in [5.41, 5.74) is 0.214. The molecular formula is C14H15Cl2NO. The van der Waals surface area contributed by atoms with Crippen LogP contribution < -0.4 is 5.32 Å². The van der Waals surface area contributed by atoms with Crippen molar-refractivity contribution in [3.8, 4) is 11.8 Å². The van der Waals surface area contributed by atoms with Gasteiger partial charge >= 0.3 is 0 Å². The van der Waals surface area contributed by atoms with Gasteiger partial charge in [-0.3, -0.25) is 4.79 Å². The van der Waals surface area contributed by atoms with Gasteiger partial charge in [-0.15, -0.1) is 0 Å². The first-order valence-corrected chi connectivity index (χ1v) is 6.29. The van der Waals surface area contributed by atoms with Crippen LogP contribution >= 0.6 is 23.2 Å². The Morgan fingerprint density at radius 3 is 2.33 bits per heavy atom. The lowest BCUT2D eigenvalue weighted by Crippen LogP contribution is -2.24. The van der Waals surface area contributed by atoms with Crippen LogP contribution in [0.2, 0.25) is 10.0 Å². The molecule has 1 aromatic rings. The van der Waals surface area contributed by atoms with Crippen molar-refractivity contribution in [2.24, 2.45) is 5.41 Å². The van der Waals surface area contributed by atoms with E-state index < -0.39 is 0 Å². The smallest absolute Gasteiger partial charge is 0.255 e. The lowest BCUT2D eigenvalue weighted by atomic mass is 9.98. The van der Waals surface area contributed by atoms with Crippen LogP contribution in [0, 0.1) is 17.3 Å². The summed E-state index contributed by atoms with van der Waals surface area (Å²) in [5, 5.41) is 3.35. The lowest BCUT2D eigenvalue weighted by Gasteiger charge is -2.08. The molecule has 0 saturated carbocycles. The Kier molecular flexibility index (Phi) is 5.07. The van der Waals surface area contributed by atoms with E-state index in [0.717, 1.165) is 0 Å². The molecule has 0 aliphatic rings. The van der Waals surface area contributed by atoms with E-state index in [1.54, 1.807) is 18.2 Å². The van der Waals surface area contributed by atoms with E-state index >= 15 is 0 Å². The molecule has 0 aliphatic carbocycles. The molecule has 1 aromatic carbocycles. The molecule has 0 spiro atoms. The first-order valence-electron chi connectivity index (χ1n) is 5.53. The van der Waals surface area contributed by atoms with Crippen LogP contribution in [0.25, 0.3) is 0 Å². The van der Waals surface area contributed by atoms with Crippen molar-refractivity contribution in [1.82, 2.24) is 5.32 Å². The topological polar surface area (TPSA) is 29.1 Å². The molecule has 2 nitrogen and oxygen atoms in total. The average Bonchev–Trinajstić information content (AvgIpc) is 2.23. The molecule has 0 aromatic heterocycles. The number of hydrogen-bond acceptors (Lipinski definition) is 1. The number of carbonyl (C=O) groups excluding carboxylic acids is 1. The summed E-state index contributed by atoms with van der Waals surface area (Å²) in [7, 11) is 0. The normalized spacial score (nSPS) is 10.5. The molecule has 1 rings (SSSR count). The first-order chi connectivity index (χ1) is 8.31. The third-order valence-corrected chi connectivity index (χ3v) is 2.62. The number of nitrogens with one attached hydrogen (secondary N) is 1. The standard InChI is InChI=1S/C14H15Cl2NO/c1-14(2,3)8-5-9-17-13(18)12-10(15)6-4-7-11(12)16/h4,6-7H,9H2,1-3H3,(H,17,18). The van der Waals surface area contributed by atoms with Gasteiger partial charge in [0, 0.05) is 5.41 Å². The van der Waals surface area contributed by atoms with Gasteiger partial charge in [-0.05, 0) is 32.9 Å². The molecule has 0 heterocycles. The highest BCUT2D eigenvalue weighted by Crippen LogP contribution is 2.23. The number of benzene rings is 1. The van der Waals surface area contributed by atoms with Crippen molar-refractivity contribution >= 4 is 29.1 Å². The van der Waals surface area contributed by atoms with Crippen molar-refractivity contribution < 1.29 is 4.79 Å². The van der Waals surface area contributed by atoms with Crippen molar-refractivity contribution in [3.63, 3.8) is 0 Å². The molecule has 0 unspecified atom stereocenters. The van der Waals surface area contributed by atoms with Gasteiger partial charge < -0.3 is 5.32 Å². The molecule has 4 heteroatoms. The van der Waals surface area contributed by atoms with Crippen LogP contribution in [0.1, 0.15) is 31.1 Å². The fourth-order valence-corrected chi connectivity index (χ4v) is 1.81. The summed E-state index contributed by atoms with van der Waals surface area (Å²) in [6.45, 7) is 6.30. The molecule has 0 atom stereocenters. The second-order valence-corrected chi connectivity index (χ2v) is 5.65. The van der Waals surface area contributed by atoms with E-state index in [2.05, 4.69) is 17.2 Å². The largest absolute Gasteiger partial charge is 0.341 e. The zero-order valence-corrected chi connectivity index (χ0v) is 12.1. The lowest BCUT2D eigenvalue weighted by molar-refractivity contribution is 0.0959. The van der Waals surface area contributed by atoms with Crippen molar-refractivity contribution in [3.05, 3.63) is 33.8 Å². The molecule has 1 amide bonds. The fourth-order valence-electron chi connectivity index (χ4n) is 1.24. The Labute approximate surface area is 118 Å². The molecule has 0 aliphatic heterocycles. The summed E-state index contributed by atoms with van der Waals surface area (Å²) in [4.78, 5) is 11.9. The maximum Gasteiger partial charge on any atom is 0.255 e. The van der Waals surface area contributed by atoms with Crippen molar-refractivity contribution in [1.29, 1.82) is 0 Å². The summed E-state index contributed by atoms with van der Waals surface area (Å²) in [6, 6.07) is 4.95. The summed E-state index contributed by atoms with van der Waals surface area (Å²) >= 11 is 11.9. The SMILES string of the molecule is CC(C)(C)C#CCNC(=O)c1c(Cl)cccc1Cl. The van der Waals surface area contributed by atoms with E-state index in [9.17, 15) is 4.79 Å². The van der Waals surface area contributed by atoms with Gasteiger partial charge in [-0.2, -0.15) is 0 Å². The third-order valence-electron chi connectivity index (χ3n) is 1.99. The first kappa shape index (κ1) is 14.9. The predicted molar refractivity (Wildman–Crippen MR) is 76.0 cm³/mol. The second-order valence-electron chi connectivity index (χ2n) is 4.83. The van der Waals surface area contributed by atoms with Crippen LogP contribution in [-0.2, 0) is 0 Å². The average molecular weight is 284 g/mol. The summed E-state index contributed by atoms with van der Waals surface area (Å²) in [5.74, 6) is 5.61. The second kappa shape index (κ2) is 6.13. The van der Waals surface area contributed by atoms with E-state index in [-0.39, 0.29) is 17.9 Å². The summed E-state index contributed by atoms with van der Waals surface area (Å²) in [6.07, 6.45) is 0. The van der Waals surface area contributed by atoms with Gasteiger partial charge in [0.15, 0.2) is 0 Å². The van der Waals surface area contributed by atoms with Crippen LogP contribution in [-0.4, -0.2) is 12.5 Å².